The molecular formula is C16H7F8NO4. The number of esters is 2. The van der Waals surface area contributed by atoms with Crippen LogP contribution in [-0.2, 0) is 9.47 Å². The summed E-state index contributed by atoms with van der Waals surface area (Å²) in [5.41, 5.74) is -7.44. The molecular weight excluding hydrogens is 422 g/mol. The lowest BCUT2D eigenvalue weighted by molar-refractivity contribution is 0.0578. The Hall–Kier alpha value is -3.38. The van der Waals surface area contributed by atoms with Crippen molar-refractivity contribution in [2.24, 2.45) is 0 Å². The smallest absolute Gasteiger partial charge is 0.344 e. The zero-order valence-electron chi connectivity index (χ0n) is 14.2. The lowest BCUT2D eigenvalue weighted by Gasteiger charge is -2.15. The number of ether oxygens (including phenoxy) is 2. The van der Waals surface area contributed by atoms with E-state index in [1.54, 1.807) is 0 Å². The summed E-state index contributed by atoms with van der Waals surface area (Å²) >= 11 is 0. The number of carbonyl (C=O) groups is 2. The molecule has 0 spiro atoms. The van der Waals surface area contributed by atoms with Crippen LogP contribution in [0, 0.1) is 46.5 Å². The highest BCUT2D eigenvalue weighted by atomic mass is 19.2. The minimum absolute atomic E-state index is 0.641. The maximum atomic E-state index is 14.1. The lowest BCUT2D eigenvalue weighted by Crippen LogP contribution is -2.17. The number of benzene rings is 2. The van der Waals surface area contributed by atoms with E-state index in [0.717, 1.165) is 5.32 Å². The van der Waals surface area contributed by atoms with Crippen molar-refractivity contribution in [3.8, 4) is 0 Å². The van der Waals surface area contributed by atoms with Crippen LogP contribution in [0.1, 0.15) is 20.7 Å². The van der Waals surface area contributed by atoms with Gasteiger partial charge >= 0.3 is 11.9 Å². The zero-order chi connectivity index (χ0) is 22.2. The molecule has 0 amide bonds. The van der Waals surface area contributed by atoms with Crippen LogP contribution >= 0.6 is 0 Å². The topological polar surface area (TPSA) is 64.6 Å². The van der Waals surface area contributed by atoms with Crippen molar-refractivity contribution < 1.29 is 54.2 Å². The van der Waals surface area contributed by atoms with Crippen LogP contribution in [0.25, 0.3) is 0 Å². The van der Waals surface area contributed by atoms with E-state index in [4.69, 9.17) is 0 Å². The molecule has 0 saturated heterocycles. The summed E-state index contributed by atoms with van der Waals surface area (Å²) in [6.07, 6.45) is 0. The number of halogens is 8. The van der Waals surface area contributed by atoms with Crippen molar-refractivity contribution in [3.05, 3.63) is 57.7 Å². The second-order valence-corrected chi connectivity index (χ2v) is 5.12. The normalized spacial score (nSPS) is 10.7. The van der Waals surface area contributed by atoms with Gasteiger partial charge in [0.2, 0.25) is 0 Å². The van der Waals surface area contributed by atoms with E-state index in [-0.39, 0.29) is 0 Å². The summed E-state index contributed by atoms with van der Waals surface area (Å²) in [4.78, 5) is 22.5. The highest BCUT2D eigenvalue weighted by Gasteiger charge is 2.34. The number of anilines is 2. The van der Waals surface area contributed by atoms with Crippen LogP contribution in [0.5, 0.6) is 0 Å². The van der Waals surface area contributed by atoms with Crippen molar-refractivity contribution in [1.82, 2.24) is 0 Å². The number of carbonyl (C=O) groups excluding carboxylic acids is 2. The molecule has 0 radical (unpaired) electrons. The van der Waals surface area contributed by atoms with Gasteiger partial charge in [-0.3, -0.25) is 0 Å². The first-order valence-corrected chi connectivity index (χ1v) is 7.14. The van der Waals surface area contributed by atoms with E-state index < -0.39 is 81.0 Å². The van der Waals surface area contributed by atoms with Crippen molar-refractivity contribution in [2.45, 2.75) is 0 Å². The largest absolute Gasteiger partial charge is 0.465 e. The fourth-order valence-electron chi connectivity index (χ4n) is 2.17. The van der Waals surface area contributed by atoms with Gasteiger partial charge in [-0.05, 0) is 0 Å². The quantitative estimate of drug-likeness (QED) is 0.450. The first kappa shape index (κ1) is 21.9. The zero-order valence-corrected chi connectivity index (χ0v) is 14.2. The summed E-state index contributed by atoms with van der Waals surface area (Å²) in [6.45, 7) is 0. The molecule has 2 aromatic rings. The Morgan fingerprint density at radius 1 is 0.552 bits per heavy atom. The van der Waals surface area contributed by atoms with Gasteiger partial charge in [-0.25, -0.2) is 44.7 Å². The molecule has 0 aliphatic carbocycles. The van der Waals surface area contributed by atoms with E-state index in [2.05, 4.69) is 9.47 Å². The van der Waals surface area contributed by atoms with Crippen molar-refractivity contribution in [3.63, 3.8) is 0 Å². The second kappa shape index (κ2) is 7.93. The molecule has 0 fully saturated rings. The Morgan fingerprint density at radius 3 is 1.00 bits per heavy atom. The van der Waals surface area contributed by atoms with Gasteiger partial charge in [-0.1, -0.05) is 0 Å². The van der Waals surface area contributed by atoms with Crippen LogP contribution in [0.15, 0.2) is 0 Å². The van der Waals surface area contributed by atoms with E-state index in [1.807, 2.05) is 0 Å². The van der Waals surface area contributed by atoms with Crippen molar-refractivity contribution in [2.75, 3.05) is 19.5 Å². The molecule has 0 heterocycles. The minimum Gasteiger partial charge on any atom is -0.465 e. The second-order valence-electron chi connectivity index (χ2n) is 5.12. The fourth-order valence-corrected chi connectivity index (χ4v) is 2.17. The molecule has 0 atom stereocenters. The first-order chi connectivity index (χ1) is 13.5. The Morgan fingerprint density at radius 2 is 0.793 bits per heavy atom. The monoisotopic (exact) mass is 429 g/mol. The number of nitrogens with one attached hydrogen (secondary N) is 1. The van der Waals surface area contributed by atoms with Crippen LogP contribution in [0.4, 0.5) is 46.5 Å². The van der Waals surface area contributed by atoms with Crippen molar-refractivity contribution in [1.29, 1.82) is 0 Å². The van der Waals surface area contributed by atoms with Crippen LogP contribution in [-0.4, -0.2) is 26.2 Å². The minimum atomic E-state index is -2.36. The van der Waals surface area contributed by atoms with Gasteiger partial charge in [0.15, 0.2) is 46.5 Å². The predicted molar refractivity (Wildman–Crippen MR) is 78.5 cm³/mol. The molecule has 2 aromatic carbocycles. The lowest BCUT2D eigenvalue weighted by atomic mass is 10.1. The molecule has 0 unspecified atom stereocenters. The number of rotatable bonds is 4. The summed E-state index contributed by atoms with van der Waals surface area (Å²) in [5, 5.41) is 1.14. The molecule has 5 nitrogen and oxygen atoms in total. The van der Waals surface area contributed by atoms with E-state index >= 15 is 0 Å². The predicted octanol–water partition coefficient (Wildman–Crippen LogP) is 4.12. The summed E-state index contributed by atoms with van der Waals surface area (Å²) in [5.74, 6) is -22.3. The van der Waals surface area contributed by atoms with E-state index in [9.17, 15) is 44.7 Å². The molecule has 156 valence electrons. The number of hydrogen-bond donors (Lipinski definition) is 1. The Bertz CT molecular complexity index is 901. The Labute approximate surface area is 155 Å². The van der Waals surface area contributed by atoms with Gasteiger partial charge in [0.05, 0.1) is 14.2 Å². The van der Waals surface area contributed by atoms with Gasteiger partial charge in [-0.2, -0.15) is 0 Å². The average molecular weight is 429 g/mol. The molecule has 13 heteroatoms. The van der Waals surface area contributed by atoms with Gasteiger partial charge in [0.25, 0.3) is 0 Å². The SMILES string of the molecule is COC(=O)c1c(F)c(F)c(Nc2c(F)c(F)c(C(=O)OC)c(F)c2F)c(F)c1F. The summed E-state index contributed by atoms with van der Waals surface area (Å²) < 4.78 is 120. The van der Waals surface area contributed by atoms with Crippen LogP contribution < -0.4 is 5.32 Å². The number of methoxy groups -OCH3 is 2. The Balaban J connectivity index is 2.73. The third-order valence-corrected chi connectivity index (χ3v) is 3.56. The van der Waals surface area contributed by atoms with Gasteiger partial charge in [0, 0.05) is 0 Å². The molecule has 0 bridgehead atoms. The highest BCUT2D eigenvalue weighted by molar-refractivity contribution is 5.92. The van der Waals surface area contributed by atoms with Crippen LogP contribution in [0.3, 0.4) is 0 Å². The van der Waals surface area contributed by atoms with Gasteiger partial charge in [0.1, 0.15) is 22.5 Å². The van der Waals surface area contributed by atoms with E-state index in [0.29, 0.717) is 14.2 Å². The maximum Gasteiger partial charge on any atom is 0.344 e. The third-order valence-electron chi connectivity index (χ3n) is 3.56. The summed E-state index contributed by atoms with van der Waals surface area (Å²) in [6, 6.07) is 0. The van der Waals surface area contributed by atoms with Gasteiger partial charge in [-0.15, -0.1) is 0 Å². The van der Waals surface area contributed by atoms with Crippen molar-refractivity contribution >= 4 is 23.3 Å². The average Bonchev–Trinajstić information content (AvgIpc) is 2.70. The maximum absolute atomic E-state index is 14.1. The highest BCUT2D eigenvalue weighted by Crippen LogP contribution is 2.35. The first-order valence-electron chi connectivity index (χ1n) is 7.14. The molecule has 0 aliphatic rings. The van der Waals surface area contributed by atoms with Gasteiger partial charge < -0.3 is 14.8 Å². The summed E-state index contributed by atoms with van der Waals surface area (Å²) in [7, 11) is 1.28. The van der Waals surface area contributed by atoms with E-state index in [1.165, 1.54) is 0 Å². The number of hydrogen-bond acceptors (Lipinski definition) is 5. The molecule has 2 rings (SSSR count). The third kappa shape index (κ3) is 3.43. The molecule has 0 aromatic heterocycles. The Kier molecular flexibility index (Phi) is 5.99. The molecule has 1 N–H and O–H groups in total. The molecule has 0 saturated carbocycles. The standard InChI is InChI=1S/C16H7F8NO4/c1-28-15(26)3-5(17)9(21)13(10(22)6(3)18)25-14-11(23)7(19)4(16(27)29-2)8(20)12(14)24/h25H,1-2H3. The fraction of sp³-hybridized carbons (Fsp3) is 0.125. The molecule has 29 heavy (non-hydrogen) atoms. The van der Waals surface area contributed by atoms with Crippen LogP contribution in [0.2, 0.25) is 0 Å². The molecule has 0 aliphatic heterocycles.